The van der Waals surface area contributed by atoms with Gasteiger partial charge in [0.25, 0.3) is 11.8 Å². The van der Waals surface area contributed by atoms with Gasteiger partial charge in [-0.15, -0.1) is 0 Å². The number of aryl methyl sites for hydroxylation is 2. The van der Waals surface area contributed by atoms with Gasteiger partial charge in [-0.2, -0.15) is 5.10 Å². The van der Waals surface area contributed by atoms with Crippen molar-refractivity contribution in [1.82, 2.24) is 29.8 Å². The molecule has 0 spiro atoms. The van der Waals surface area contributed by atoms with E-state index in [4.69, 9.17) is 4.74 Å². The minimum Gasteiger partial charge on any atom is -0.379 e. The van der Waals surface area contributed by atoms with Crippen LogP contribution in [0.4, 0.5) is 0 Å². The molecule has 188 valence electrons. The summed E-state index contributed by atoms with van der Waals surface area (Å²) in [5.41, 5.74) is 2.82. The Morgan fingerprint density at radius 1 is 1.14 bits per heavy atom. The topological polar surface area (TPSA) is 100 Å². The number of hydrogen-bond donors (Lipinski definition) is 1. The molecule has 4 rings (SSSR count). The van der Waals surface area contributed by atoms with Crippen molar-refractivity contribution >= 4 is 17.7 Å². The molecule has 0 unspecified atom stereocenters. The number of nitrogens with one attached hydrogen (secondary N) is 1. The van der Waals surface area contributed by atoms with Crippen molar-refractivity contribution in [1.29, 1.82) is 0 Å². The van der Waals surface area contributed by atoms with Gasteiger partial charge in [0.15, 0.2) is 5.69 Å². The van der Waals surface area contributed by atoms with E-state index in [2.05, 4.69) is 15.3 Å². The van der Waals surface area contributed by atoms with Gasteiger partial charge in [-0.1, -0.05) is 24.3 Å². The zero-order chi connectivity index (χ0) is 24.8. The van der Waals surface area contributed by atoms with Gasteiger partial charge < -0.3 is 19.9 Å². The van der Waals surface area contributed by atoms with Gasteiger partial charge in [0.2, 0.25) is 5.91 Å². The summed E-state index contributed by atoms with van der Waals surface area (Å²) in [4.78, 5) is 43.9. The minimum atomic E-state index is -0.382. The average Bonchev–Trinajstić information content (AvgIpc) is 3.22. The molecule has 10 nitrogen and oxygen atoms in total. The maximum Gasteiger partial charge on any atom is 0.274 e. The molecule has 0 atom stereocenters. The van der Waals surface area contributed by atoms with Crippen LogP contribution in [0.2, 0.25) is 0 Å². The molecule has 0 bridgehead atoms. The molecule has 10 heteroatoms. The molecule has 3 heterocycles. The summed E-state index contributed by atoms with van der Waals surface area (Å²) in [6.07, 6.45) is 0.751. The molecule has 0 radical (unpaired) electrons. The summed E-state index contributed by atoms with van der Waals surface area (Å²) in [6, 6.07) is 9.57. The van der Waals surface area contributed by atoms with Crippen LogP contribution in [-0.2, 0) is 22.6 Å². The van der Waals surface area contributed by atoms with E-state index in [0.717, 1.165) is 37.2 Å². The lowest BCUT2D eigenvalue weighted by Gasteiger charge is -2.26. The van der Waals surface area contributed by atoms with E-state index >= 15 is 0 Å². The first-order valence-electron chi connectivity index (χ1n) is 12.2. The number of carbonyl (C=O) groups is 3. The van der Waals surface area contributed by atoms with Gasteiger partial charge >= 0.3 is 0 Å². The first-order chi connectivity index (χ1) is 16.9. The summed E-state index contributed by atoms with van der Waals surface area (Å²) in [7, 11) is 1.57. The second-order valence-electron chi connectivity index (χ2n) is 9.11. The molecule has 2 aromatic rings. The molecular formula is C25H34N6O4. The molecule has 1 aromatic heterocycles. The van der Waals surface area contributed by atoms with E-state index in [1.807, 2.05) is 36.1 Å². The molecule has 35 heavy (non-hydrogen) atoms. The van der Waals surface area contributed by atoms with E-state index in [1.54, 1.807) is 17.8 Å². The fraction of sp³-hybridized carbons (Fsp3) is 0.520. The maximum atomic E-state index is 13.2. The largest absolute Gasteiger partial charge is 0.379 e. The Morgan fingerprint density at radius 3 is 2.69 bits per heavy atom. The maximum absolute atomic E-state index is 13.2. The minimum absolute atomic E-state index is 0.0719. The van der Waals surface area contributed by atoms with Crippen LogP contribution in [0.5, 0.6) is 0 Å². The number of morpholine rings is 1. The van der Waals surface area contributed by atoms with E-state index < -0.39 is 0 Å². The third kappa shape index (κ3) is 6.26. The van der Waals surface area contributed by atoms with Gasteiger partial charge in [0, 0.05) is 58.9 Å². The normalized spacial score (nSPS) is 16.5. The lowest BCUT2D eigenvalue weighted by atomic mass is 10.1. The molecule has 0 aliphatic carbocycles. The number of nitrogens with zero attached hydrogens (tertiary/aromatic N) is 5. The van der Waals surface area contributed by atoms with Crippen LogP contribution in [0.15, 0.2) is 30.3 Å². The number of benzene rings is 1. The zero-order valence-electron chi connectivity index (χ0n) is 20.5. The van der Waals surface area contributed by atoms with Crippen molar-refractivity contribution < 1.29 is 19.1 Å². The highest BCUT2D eigenvalue weighted by Gasteiger charge is 2.28. The van der Waals surface area contributed by atoms with Crippen LogP contribution >= 0.6 is 0 Å². The summed E-state index contributed by atoms with van der Waals surface area (Å²) in [6.45, 7) is 8.09. The average molecular weight is 483 g/mol. The molecule has 1 aromatic carbocycles. The Kier molecular flexibility index (Phi) is 8.14. The second kappa shape index (κ2) is 11.5. The molecule has 1 saturated heterocycles. The summed E-state index contributed by atoms with van der Waals surface area (Å²) in [5, 5.41) is 7.26. The Labute approximate surface area is 205 Å². The highest BCUT2D eigenvalue weighted by atomic mass is 16.5. The predicted molar refractivity (Wildman–Crippen MR) is 130 cm³/mol. The zero-order valence-corrected chi connectivity index (χ0v) is 20.5. The summed E-state index contributed by atoms with van der Waals surface area (Å²) >= 11 is 0. The number of fused-ring (bicyclic) bond motifs is 1. The molecule has 3 amide bonds. The predicted octanol–water partition coefficient (Wildman–Crippen LogP) is 0.758. The number of aromatic nitrogens is 2. The van der Waals surface area contributed by atoms with Gasteiger partial charge in [0.1, 0.15) is 5.69 Å². The van der Waals surface area contributed by atoms with E-state index in [1.165, 1.54) is 4.90 Å². The molecule has 1 N–H and O–H groups in total. The van der Waals surface area contributed by atoms with Crippen LogP contribution < -0.4 is 5.32 Å². The second-order valence-corrected chi connectivity index (χ2v) is 9.11. The number of hydrogen-bond acceptors (Lipinski definition) is 6. The van der Waals surface area contributed by atoms with Crippen molar-refractivity contribution in [3.8, 4) is 0 Å². The van der Waals surface area contributed by atoms with Crippen molar-refractivity contribution in [2.24, 2.45) is 0 Å². The number of amides is 3. The standard InChI is InChI=1S/C25H34N6O4/c1-19-6-3-4-7-20(19)17-30-9-5-10-31-22(25(30)34)16-21(27-31)24(33)28(2)18-23(32)26-8-11-29-12-14-35-15-13-29/h3-4,6-7,16H,5,8-15,17-18H2,1-2H3,(H,26,32). The Morgan fingerprint density at radius 2 is 1.91 bits per heavy atom. The van der Waals surface area contributed by atoms with Crippen LogP contribution in [0.25, 0.3) is 0 Å². The summed E-state index contributed by atoms with van der Waals surface area (Å²) < 4.78 is 6.94. The third-order valence-corrected chi connectivity index (χ3v) is 6.51. The third-order valence-electron chi connectivity index (χ3n) is 6.51. The quantitative estimate of drug-likeness (QED) is 0.596. The number of ether oxygens (including phenoxy) is 1. The molecule has 0 saturated carbocycles. The van der Waals surface area contributed by atoms with Gasteiger partial charge in [-0.05, 0) is 24.5 Å². The van der Waals surface area contributed by atoms with Crippen LogP contribution in [0, 0.1) is 6.92 Å². The SMILES string of the molecule is Cc1ccccc1CN1CCCn2nc(C(=O)N(C)CC(=O)NCCN3CCOCC3)cc2C1=O. The van der Waals surface area contributed by atoms with Gasteiger partial charge in [-0.25, -0.2) is 0 Å². The van der Waals surface area contributed by atoms with E-state index in [-0.39, 0.29) is 30.0 Å². The first kappa shape index (κ1) is 24.9. The van der Waals surface area contributed by atoms with Crippen molar-refractivity contribution in [3.05, 3.63) is 52.8 Å². The lowest BCUT2D eigenvalue weighted by molar-refractivity contribution is -0.121. The Bertz CT molecular complexity index is 1060. The van der Waals surface area contributed by atoms with Crippen molar-refractivity contribution in [3.63, 3.8) is 0 Å². The Balaban J connectivity index is 1.33. The van der Waals surface area contributed by atoms with Crippen LogP contribution in [0.3, 0.4) is 0 Å². The monoisotopic (exact) mass is 482 g/mol. The van der Waals surface area contributed by atoms with Crippen LogP contribution in [0.1, 0.15) is 38.5 Å². The number of carbonyl (C=O) groups excluding carboxylic acids is 3. The Hall–Kier alpha value is -3.24. The van der Waals surface area contributed by atoms with Crippen molar-refractivity contribution in [2.45, 2.75) is 26.4 Å². The van der Waals surface area contributed by atoms with Gasteiger partial charge in [0.05, 0.1) is 19.8 Å². The molecular weight excluding hydrogens is 448 g/mol. The highest BCUT2D eigenvalue weighted by molar-refractivity contribution is 5.99. The summed E-state index contributed by atoms with van der Waals surface area (Å²) in [5.74, 6) is -0.747. The molecule has 1 fully saturated rings. The molecule has 2 aliphatic rings. The smallest absolute Gasteiger partial charge is 0.274 e. The number of likely N-dealkylation sites (N-methyl/N-ethyl adjacent to an activating group) is 1. The fourth-order valence-electron chi connectivity index (χ4n) is 4.40. The fourth-order valence-corrected chi connectivity index (χ4v) is 4.40. The van der Waals surface area contributed by atoms with E-state index in [0.29, 0.717) is 45.1 Å². The van der Waals surface area contributed by atoms with Gasteiger partial charge in [-0.3, -0.25) is 24.0 Å². The lowest BCUT2D eigenvalue weighted by Crippen LogP contribution is -2.44. The number of rotatable bonds is 8. The first-order valence-corrected chi connectivity index (χ1v) is 12.2. The highest BCUT2D eigenvalue weighted by Crippen LogP contribution is 2.18. The van der Waals surface area contributed by atoms with Crippen LogP contribution in [-0.4, -0.2) is 102 Å². The van der Waals surface area contributed by atoms with Crippen molar-refractivity contribution in [2.75, 3.05) is 59.5 Å². The molecule has 2 aliphatic heterocycles. The van der Waals surface area contributed by atoms with E-state index in [9.17, 15) is 14.4 Å².